The summed E-state index contributed by atoms with van der Waals surface area (Å²) >= 11 is 0. The van der Waals surface area contributed by atoms with Gasteiger partial charge in [-0.2, -0.15) is 0 Å². The van der Waals surface area contributed by atoms with Gasteiger partial charge in [-0.3, -0.25) is 9.88 Å². The molecule has 0 aliphatic carbocycles. The summed E-state index contributed by atoms with van der Waals surface area (Å²) in [6.45, 7) is 11.6. The summed E-state index contributed by atoms with van der Waals surface area (Å²) in [7, 11) is 0. The van der Waals surface area contributed by atoms with E-state index in [-0.39, 0.29) is 5.54 Å². The van der Waals surface area contributed by atoms with Crippen molar-refractivity contribution >= 4 is 0 Å². The van der Waals surface area contributed by atoms with Crippen LogP contribution in [0, 0.1) is 5.92 Å². The number of pyridine rings is 1. The zero-order valence-electron chi connectivity index (χ0n) is 15.0. The highest BCUT2D eigenvalue weighted by Crippen LogP contribution is 2.30. The topological polar surface area (TPSA) is 48.8 Å². The maximum absolute atomic E-state index is 10.6. The molecule has 0 spiro atoms. The third-order valence-corrected chi connectivity index (χ3v) is 5.55. The van der Waals surface area contributed by atoms with Gasteiger partial charge in [0.2, 0.25) is 0 Å². The fourth-order valence-corrected chi connectivity index (χ4v) is 4.04. The van der Waals surface area contributed by atoms with Crippen molar-refractivity contribution in [3.63, 3.8) is 0 Å². The molecule has 0 bridgehead atoms. The highest BCUT2D eigenvalue weighted by atomic mass is 16.5. The molecule has 0 saturated carbocycles. The molecule has 1 aromatic heterocycles. The largest absolute Gasteiger partial charge is 0.387 e. The molecule has 24 heavy (non-hydrogen) atoms. The number of nitrogens with zero attached hydrogens (tertiary/aromatic N) is 3. The minimum Gasteiger partial charge on any atom is -0.387 e. The smallest absolute Gasteiger partial charge is 0.0988 e. The maximum atomic E-state index is 10.6. The molecule has 1 aromatic rings. The van der Waals surface area contributed by atoms with Gasteiger partial charge in [0.25, 0.3) is 0 Å². The van der Waals surface area contributed by atoms with E-state index in [1.807, 2.05) is 18.2 Å². The van der Waals surface area contributed by atoms with Crippen molar-refractivity contribution in [1.82, 2.24) is 14.8 Å². The van der Waals surface area contributed by atoms with Gasteiger partial charge in [-0.1, -0.05) is 6.07 Å². The van der Waals surface area contributed by atoms with Crippen molar-refractivity contribution in [3.8, 4) is 0 Å². The van der Waals surface area contributed by atoms with Crippen LogP contribution < -0.4 is 0 Å². The Hall–Kier alpha value is -1.01. The fraction of sp³-hybridized carbons (Fsp3) is 0.737. The second-order valence-electron chi connectivity index (χ2n) is 7.72. The molecule has 3 heterocycles. The first-order chi connectivity index (χ1) is 11.6. The minimum atomic E-state index is -0.430. The number of aromatic nitrogens is 1. The van der Waals surface area contributed by atoms with Crippen LogP contribution in [-0.2, 0) is 4.74 Å². The molecule has 0 amide bonds. The first-order valence-corrected chi connectivity index (χ1v) is 9.20. The second-order valence-corrected chi connectivity index (χ2v) is 7.72. The Balaban J connectivity index is 1.49. The molecule has 3 rings (SSSR count). The van der Waals surface area contributed by atoms with Gasteiger partial charge in [-0.25, -0.2) is 0 Å². The minimum absolute atomic E-state index is 0.177. The van der Waals surface area contributed by atoms with Crippen LogP contribution in [0.5, 0.6) is 0 Å². The van der Waals surface area contributed by atoms with E-state index in [0.29, 0.717) is 5.92 Å². The van der Waals surface area contributed by atoms with Crippen molar-refractivity contribution in [2.45, 2.75) is 38.3 Å². The van der Waals surface area contributed by atoms with Crippen LogP contribution in [0.2, 0.25) is 0 Å². The number of hydrogen-bond acceptors (Lipinski definition) is 5. The Morgan fingerprint density at radius 1 is 1.21 bits per heavy atom. The predicted octanol–water partition coefficient (Wildman–Crippen LogP) is 1.94. The maximum Gasteiger partial charge on any atom is 0.0988 e. The molecule has 5 nitrogen and oxygen atoms in total. The molecular formula is C19H31N3O2. The molecule has 2 aliphatic rings. The molecule has 2 aliphatic heterocycles. The van der Waals surface area contributed by atoms with Gasteiger partial charge in [0.05, 0.1) is 25.0 Å². The monoisotopic (exact) mass is 333 g/mol. The van der Waals surface area contributed by atoms with Crippen molar-refractivity contribution in [1.29, 1.82) is 0 Å². The van der Waals surface area contributed by atoms with Crippen LogP contribution >= 0.6 is 0 Å². The number of hydrogen-bond donors (Lipinski definition) is 1. The van der Waals surface area contributed by atoms with E-state index in [2.05, 4.69) is 28.6 Å². The van der Waals surface area contributed by atoms with E-state index in [9.17, 15) is 5.11 Å². The highest BCUT2D eigenvalue weighted by molar-refractivity contribution is 5.08. The summed E-state index contributed by atoms with van der Waals surface area (Å²) in [5.74, 6) is 0.322. The van der Waals surface area contributed by atoms with Crippen molar-refractivity contribution in [2.75, 3.05) is 45.9 Å². The lowest BCUT2D eigenvalue weighted by atomic mass is 9.88. The number of rotatable bonds is 5. The van der Waals surface area contributed by atoms with Gasteiger partial charge < -0.3 is 14.7 Å². The Morgan fingerprint density at radius 3 is 2.54 bits per heavy atom. The van der Waals surface area contributed by atoms with Crippen molar-refractivity contribution < 1.29 is 9.84 Å². The summed E-state index contributed by atoms with van der Waals surface area (Å²) in [5.41, 5.74) is 0.987. The van der Waals surface area contributed by atoms with E-state index in [1.54, 1.807) is 6.20 Å². The molecular weight excluding hydrogens is 302 g/mol. The predicted molar refractivity (Wildman–Crippen MR) is 94.8 cm³/mol. The quantitative estimate of drug-likeness (QED) is 0.892. The molecule has 0 radical (unpaired) electrons. The normalized spacial score (nSPS) is 23.3. The van der Waals surface area contributed by atoms with Gasteiger partial charge in [-0.15, -0.1) is 0 Å². The second kappa shape index (κ2) is 7.91. The first-order valence-electron chi connectivity index (χ1n) is 9.20. The third kappa shape index (κ3) is 4.33. The SMILES string of the molecule is CC(C)(CN1CCC(C(O)c2ccccn2)CC1)N1CCOCC1. The Labute approximate surface area is 145 Å². The number of likely N-dealkylation sites (tertiary alicyclic amines) is 1. The summed E-state index contributed by atoms with van der Waals surface area (Å²) in [4.78, 5) is 9.41. The molecule has 1 unspecified atom stereocenters. The lowest BCUT2D eigenvalue weighted by molar-refractivity contribution is -0.0284. The molecule has 0 aromatic carbocycles. The average molecular weight is 333 g/mol. The first kappa shape index (κ1) is 17.8. The van der Waals surface area contributed by atoms with Gasteiger partial charge in [0, 0.05) is 31.4 Å². The summed E-state index contributed by atoms with van der Waals surface area (Å²) < 4.78 is 5.48. The number of ether oxygens (including phenoxy) is 1. The van der Waals surface area contributed by atoms with Gasteiger partial charge >= 0.3 is 0 Å². The number of aliphatic hydroxyl groups is 1. The molecule has 2 fully saturated rings. The number of aliphatic hydroxyl groups excluding tert-OH is 1. The van der Waals surface area contributed by atoms with Crippen molar-refractivity contribution in [3.05, 3.63) is 30.1 Å². The lowest BCUT2D eigenvalue weighted by Crippen LogP contribution is -2.56. The lowest BCUT2D eigenvalue weighted by Gasteiger charge is -2.45. The Bertz CT molecular complexity index is 495. The van der Waals surface area contributed by atoms with Crippen LogP contribution in [0.25, 0.3) is 0 Å². The van der Waals surface area contributed by atoms with Gasteiger partial charge in [0.15, 0.2) is 0 Å². The highest BCUT2D eigenvalue weighted by Gasteiger charge is 2.33. The van der Waals surface area contributed by atoms with Gasteiger partial charge in [0.1, 0.15) is 0 Å². The zero-order chi connectivity index (χ0) is 17.0. The summed E-state index contributed by atoms with van der Waals surface area (Å²) in [6, 6.07) is 5.77. The van der Waals surface area contributed by atoms with Crippen LogP contribution in [0.4, 0.5) is 0 Å². The molecule has 134 valence electrons. The average Bonchev–Trinajstić information content (AvgIpc) is 2.63. The third-order valence-electron chi connectivity index (χ3n) is 5.55. The molecule has 1 atom stereocenters. The molecule has 1 N–H and O–H groups in total. The molecule has 2 saturated heterocycles. The number of piperidine rings is 1. The van der Waals surface area contributed by atoms with E-state index in [0.717, 1.165) is 64.5 Å². The van der Waals surface area contributed by atoms with E-state index < -0.39 is 6.10 Å². The van der Waals surface area contributed by atoms with Crippen LogP contribution in [0.15, 0.2) is 24.4 Å². The summed E-state index contributed by atoms with van der Waals surface area (Å²) in [5, 5.41) is 10.6. The van der Waals surface area contributed by atoms with Crippen molar-refractivity contribution in [2.24, 2.45) is 5.92 Å². The Kier molecular flexibility index (Phi) is 5.87. The fourth-order valence-electron chi connectivity index (χ4n) is 4.04. The summed E-state index contributed by atoms with van der Waals surface area (Å²) in [6.07, 6.45) is 3.41. The van der Waals surface area contributed by atoms with Crippen LogP contribution in [-0.4, -0.2) is 71.4 Å². The van der Waals surface area contributed by atoms with E-state index in [4.69, 9.17) is 4.74 Å². The van der Waals surface area contributed by atoms with Gasteiger partial charge in [-0.05, 0) is 57.8 Å². The standard InChI is InChI=1S/C19H31N3O2/c1-19(2,22-11-13-24-14-12-22)15-21-9-6-16(7-10-21)18(23)17-5-3-4-8-20-17/h3-5,8,16,18,23H,6-7,9-15H2,1-2H3. The Morgan fingerprint density at radius 2 is 1.92 bits per heavy atom. The number of morpholine rings is 1. The van der Waals surface area contributed by atoms with E-state index >= 15 is 0 Å². The molecule has 5 heteroatoms. The van der Waals surface area contributed by atoms with E-state index in [1.165, 1.54) is 0 Å². The zero-order valence-corrected chi connectivity index (χ0v) is 15.0. The van der Waals surface area contributed by atoms with Crippen LogP contribution in [0.1, 0.15) is 38.5 Å². The van der Waals surface area contributed by atoms with Crippen LogP contribution in [0.3, 0.4) is 0 Å².